The maximum absolute atomic E-state index is 12.1. The maximum atomic E-state index is 12.1. The fourth-order valence-corrected chi connectivity index (χ4v) is 2.52. The monoisotopic (exact) mass is 342 g/mol. The first kappa shape index (κ1) is 16.4. The molecule has 0 bridgehead atoms. The van der Waals surface area contributed by atoms with E-state index in [-0.39, 0.29) is 18.3 Å². The third kappa shape index (κ3) is 4.28. The number of thiazole rings is 1. The normalized spacial score (nSPS) is 12.0. The number of esters is 1. The smallest absolute Gasteiger partial charge is 0.311 e. The second-order valence-corrected chi connectivity index (χ2v) is 5.72. The van der Waals surface area contributed by atoms with Crippen molar-refractivity contribution in [2.75, 3.05) is 11.9 Å². The average Bonchev–Trinajstić information content (AvgIpc) is 3.07. The molecule has 0 aliphatic rings. The predicted octanol–water partition coefficient (Wildman–Crippen LogP) is 2.30. The minimum atomic E-state index is -0.523. The minimum Gasteiger partial charge on any atom is -0.466 e. The molecule has 1 unspecified atom stereocenters. The van der Waals surface area contributed by atoms with E-state index < -0.39 is 6.04 Å². The lowest BCUT2D eigenvalue weighted by Crippen LogP contribution is -2.24. The molecule has 0 radical (unpaired) electrons. The molecule has 9 heteroatoms. The summed E-state index contributed by atoms with van der Waals surface area (Å²) in [5.41, 5.74) is 0.563. The fraction of sp³-hybridized carbons (Fsp3) is 0.385. The van der Waals surface area contributed by atoms with E-state index in [1.54, 1.807) is 25.4 Å². The van der Waals surface area contributed by atoms with Crippen LogP contribution in [-0.2, 0) is 20.7 Å². The number of halogens is 1. The molecule has 7 nitrogen and oxygen atoms in total. The number of nitrogens with zero attached hydrogens (tertiary/aromatic N) is 3. The molecular weight excluding hydrogens is 328 g/mol. The lowest BCUT2D eigenvalue weighted by molar-refractivity contribution is -0.142. The van der Waals surface area contributed by atoms with Gasteiger partial charge in [0.05, 0.1) is 29.9 Å². The van der Waals surface area contributed by atoms with Crippen LogP contribution in [0.2, 0.25) is 5.02 Å². The zero-order valence-corrected chi connectivity index (χ0v) is 13.6. The van der Waals surface area contributed by atoms with E-state index in [0.717, 1.165) is 0 Å². The SMILES string of the molecule is CCOC(=O)Cc1csc(NC(=O)C(C)n2cc(Cl)cn2)n1. The van der Waals surface area contributed by atoms with E-state index in [1.165, 1.54) is 22.2 Å². The fourth-order valence-electron chi connectivity index (χ4n) is 1.66. The number of ether oxygens (including phenoxy) is 1. The lowest BCUT2D eigenvalue weighted by Gasteiger charge is -2.10. The van der Waals surface area contributed by atoms with Gasteiger partial charge in [0.2, 0.25) is 0 Å². The summed E-state index contributed by atoms with van der Waals surface area (Å²) >= 11 is 7.03. The van der Waals surface area contributed by atoms with Crippen molar-refractivity contribution in [3.05, 3.63) is 28.5 Å². The van der Waals surface area contributed by atoms with Crippen LogP contribution < -0.4 is 5.32 Å². The van der Waals surface area contributed by atoms with Gasteiger partial charge in [0.15, 0.2) is 5.13 Å². The summed E-state index contributed by atoms with van der Waals surface area (Å²) in [5, 5.41) is 9.28. The van der Waals surface area contributed by atoms with Gasteiger partial charge in [-0.15, -0.1) is 11.3 Å². The highest BCUT2D eigenvalue weighted by Crippen LogP contribution is 2.18. The Hall–Kier alpha value is -1.93. The Morgan fingerprint density at radius 3 is 2.95 bits per heavy atom. The van der Waals surface area contributed by atoms with Crippen molar-refractivity contribution in [2.24, 2.45) is 0 Å². The highest BCUT2D eigenvalue weighted by molar-refractivity contribution is 7.13. The highest BCUT2D eigenvalue weighted by Gasteiger charge is 2.17. The molecule has 2 rings (SSSR count). The van der Waals surface area contributed by atoms with Gasteiger partial charge >= 0.3 is 5.97 Å². The highest BCUT2D eigenvalue weighted by atomic mass is 35.5. The Kier molecular flexibility index (Phi) is 5.51. The Bertz CT molecular complexity index is 670. The van der Waals surface area contributed by atoms with Crippen LogP contribution in [0.1, 0.15) is 25.6 Å². The number of anilines is 1. The van der Waals surface area contributed by atoms with Gasteiger partial charge in [0.1, 0.15) is 6.04 Å². The summed E-state index contributed by atoms with van der Waals surface area (Å²) in [6, 6.07) is -0.523. The van der Waals surface area contributed by atoms with Crippen molar-refractivity contribution in [3.63, 3.8) is 0 Å². The molecule has 0 fully saturated rings. The first-order chi connectivity index (χ1) is 10.5. The van der Waals surface area contributed by atoms with Gasteiger partial charge in [-0.3, -0.25) is 14.3 Å². The van der Waals surface area contributed by atoms with E-state index in [4.69, 9.17) is 16.3 Å². The molecule has 0 spiro atoms. The summed E-state index contributed by atoms with van der Waals surface area (Å²) < 4.78 is 6.31. The zero-order valence-electron chi connectivity index (χ0n) is 12.1. The van der Waals surface area contributed by atoms with Gasteiger partial charge in [0.25, 0.3) is 5.91 Å². The van der Waals surface area contributed by atoms with Crippen LogP contribution in [-0.4, -0.2) is 33.2 Å². The molecule has 2 aromatic rings. The van der Waals surface area contributed by atoms with Gasteiger partial charge in [-0.25, -0.2) is 4.98 Å². The molecule has 2 aromatic heterocycles. The van der Waals surface area contributed by atoms with Crippen LogP contribution in [0.15, 0.2) is 17.8 Å². The Balaban J connectivity index is 1.94. The predicted molar refractivity (Wildman–Crippen MR) is 83.0 cm³/mol. The quantitative estimate of drug-likeness (QED) is 0.814. The first-order valence-electron chi connectivity index (χ1n) is 6.60. The number of aromatic nitrogens is 3. The lowest BCUT2D eigenvalue weighted by atomic mass is 10.3. The van der Waals surface area contributed by atoms with Crippen LogP contribution in [0.3, 0.4) is 0 Å². The maximum Gasteiger partial charge on any atom is 0.311 e. The van der Waals surface area contributed by atoms with Gasteiger partial charge < -0.3 is 10.1 Å². The van der Waals surface area contributed by atoms with E-state index in [9.17, 15) is 9.59 Å². The number of hydrogen-bond acceptors (Lipinski definition) is 6. The van der Waals surface area contributed by atoms with Crippen molar-refractivity contribution in [1.29, 1.82) is 0 Å². The molecular formula is C13H15ClN4O3S. The van der Waals surface area contributed by atoms with Crippen LogP contribution in [0.25, 0.3) is 0 Å². The number of carbonyl (C=O) groups excluding carboxylic acids is 2. The number of carbonyl (C=O) groups is 2. The molecule has 1 atom stereocenters. The van der Waals surface area contributed by atoms with Crippen molar-refractivity contribution in [1.82, 2.24) is 14.8 Å². The minimum absolute atomic E-state index is 0.0878. The molecule has 0 saturated carbocycles. The summed E-state index contributed by atoms with van der Waals surface area (Å²) in [5.74, 6) is -0.609. The number of rotatable bonds is 6. The molecule has 118 valence electrons. The summed E-state index contributed by atoms with van der Waals surface area (Å²) in [6.45, 7) is 3.77. The van der Waals surface area contributed by atoms with E-state index in [0.29, 0.717) is 22.5 Å². The van der Waals surface area contributed by atoms with E-state index in [2.05, 4.69) is 15.4 Å². The average molecular weight is 343 g/mol. The van der Waals surface area contributed by atoms with E-state index in [1.807, 2.05) is 0 Å². The summed E-state index contributed by atoms with van der Waals surface area (Å²) in [7, 11) is 0. The molecule has 0 aromatic carbocycles. The van der Waals surface area contributed by atoms with Crippen molar-refractivity contribution in [2.45, 2.75) is 26.3 Å². The number of amides is 1. The first-order valence-corrected chi connectivity index (χ1v) is 7.86. The third-order valence-electron chi connectivity index (χ3n) is 2.76. The van der Waals surface area contributed by atoms with Crippen LogP contribution >= 0.6 is 22.9 Å². The van der Waals surface area contributed by atoms with Crippen molar-refractivity contribution >= 4 is 39.9 Å². The summed E-state index contributed by atoms with van der Waals surface area (Å²) in [4.78, 5) is 27.7. The Morgan fingerprint density at radius 1 is 1.55 bits per heavy atom. The van der Waals surface area contributed by atoms with Gasteiger partial charge in [0, 0.05) is 11.6 Å². The van der Waals surface area contributed by atoms with Crippen LogP contribution in [0.5, 0.6) is 0 Å². The van der Waals surface area contributed by atoms with Crippen LogP contribution in [0.4, 0.5) is 5.13 Å². The molecule has 0 saturated heterocycles. The summed E-state index contributed by atoms with van der Waals surface area (Å²) in [6.07, 6.45) is 3.12. The second kappa shape index (κ2) is 7.37. The van der Waals surface area contributed by atoms with Gasteiger partial charge in [-0.05, 0) is 13.8 Å². The van der Waals surface area contributed by atoms with E-state index >= 15 is 0 Å². The standard InChI is InChI=1S/C13H15ClN4O3S/c1-3-21-11(19)4-10-7-22-13(16-10)17-12(20)8(2)18-6-9(14)5-15-18/h5-8H,3-4H2,1-2H3,(H,16,17,20). The molecule has 22 heavy (non-hydrogen) atoms. The van der Waals surface area contributed by atoms with Crippen molar-refractivity contribution in [3.8, 4) is 0 Å². The molecule has 1 N–H and O–H groups in total. The second-order valence-electron chi connectivity index (χ2n) is 4.43. The van der Waals surface area contributed by atoms with Gasteiger partial charge in [-0.2, -0.15) is 5.10 Å². The topological polar surface area (TPSA) is 86.1 Å². The Morgan fingerprint density at radius 2 is 2.32 bits per heavy atom. The molecule has 1 amide bonds. The van der Waals surface area contributed by atoms with Crippen molar-refractivity contribution < 1.29 is 14.3 Å². The largest absolute Gasteiger partial charge is 0.466 e. The molecule has 0 aliphatic heterocycles. The third-order valence-corrected chi connectivity index (χ3v) is 3.76. The zero-order chi connectivity index (χ0) is 16.1. The van der Waals surface area contributed by atoms with Crippen LogP contribution in [0, 0.1) is 0 Å². The Labute approximate surface area is 136 Å². The number of nitrogens with one attached hydrogen (secondary N) is 1. The molecule has 2 heterocycles. The van der Waals surface area contributed by atoms with Gasteiger partial charge in [-0.1, -0.05) is 11.6 Å². The molecule has 0 aliphatic carbocycles. The number of hydrogen-bond donors (Lipinski definition) is 1.